The van der Waals surface area contributed by atoms with E-state index >= 15 is 0 Å². The number of amides is 1. The number of carbonyl (C=O) groups excluding carboxylic acids is 1. The fourth-order valence-corrected chi connectivity index (χ4v) is 1.63. The Morgan fingerprint density at radius 2 is 2.18 bits per heavy atom. The van der Waals surface area contributed by atoms with Gasteiger partial charge in [-0.3, -0.25) is 4.90 Å². The lowest BCUT2D eigenvalue weighted by Crippen LogP contribution is -2.28. The Bertz CT molecular complexity index is 426. The van der Waals surface area contributed by atoms with Crippen LogP contribution in [0.15, 0.2) is 18.2 Å². The van der Waals surface area contributed by atoms with Gasteiger partial charge in [-0.25, -0.2) is 9.78 Å². The molecule has 1 aromatic heterocycles. The molecule has 2 heterocycles. The molecule has 17 heavy (non-hydrogen) atoms. The number of ether oxygens (including phenoxy) is 1. The maximum atomic E-state index is 11.4. The molecule has 1 N–H and O–H groups in total. The molecule has 0 atom stereocenters. The Kier molecular flexibility index (Phi) is 2.92. The van der Waals surface area contributed by atoms with Gasteiger partial charge >= 0.3 is 6.09 Å². The van der Waals surface area contributed by atoms with Crippen molar-refractivity contribution < 1.29 is 9.53 Å². The van der Waals surface area contributed by atoms with Crippen molar-refractivity contribution in [1.82, 2.24) is 4.98 Å². The molecule has 1 fully saturated rings. The van der Waals surface area contributed by atoms with Crippen LogP contribution in [0.25, 0.3) is 0 Å². The molecular formula is C12H17N3O2. The minimum absolute atomic E-state index is 0.0584. The summed E-state index contributed by atoms with van der Waals surface area (Å²) in [5, 5.41) is 3.27. The van der Waals surface area contributed by atoms with Crippen molar-refractivity contribution in [2.75, 3.05) is 23.4 Å². The number of cyclic esters (lactones) is 1. The molecule has 0 spiro atoms. The first kappa shape index (κ1) is 11.7. The molecule has 0 bridgehead atoms. The molecule has 92 valence electrons. The van der Waals surface area contributed by atoms with E-state index in [1.165, 1.54) is 4.90 Å². The lowest BCUT2D eigenvalue weighted by atomic mass is 10.1. The van der Waals surface area contributed by atoms with E-state index < -0.39 is 0 Å². The number of nitrogens with one attached hydrogen (secondary N) is 1. The first-order valence-electron chi connectivity index (χ1n) is 5.65. The lowest BCUT2D eigenvalue weighted by molar-refractivity contribution is 0.181. The van der Waals surface area contributed by atoms with Gasteiger partial charge in [0, 0.05) is 5.54 Å². The minimum atomic E-state index is -0.328. The maximum Gasteiger partial charge on any atom is 0.415 e. The third kappa shape index (κ3) is 2.87. The van der Waals surface area contributed by atoms with Gasteiger partial charge < -0.3 is 10.1 Å². The molecule has 1 aliphatic rings. The first-order chi connectivity index (χ1) is 7.96. The van der Waals surface area contributed by atoms with E-state index in [4.69, 9.17) is 4.74 Å². The minimum Gasteiger partial charge on any atom is -0.447 e. The molecule has 0 aromatic carbocycles. The molecule has 1 saturated heterocycles. The van der Waals surface area contributed by atoms with Crippen LogP contribution in [0.1, 0.15) is 20.8 Å². The smallest absolute Gasteiger partial charge is 0.415 e. The predicted molar refractivity (Wildman–Crippen MR) is 66.3 cm³/mol. The molecule has 0 unspecified atom stereocenters. The van der Waals surface area contributed by atoms with Crippen LogP contribution in [0.3, 0.4) is 0 Å². The number of rotatable bonds is 2. The number of pyridine rings is 1. The number of hydrogen-bond donors (Lipinski definition) is 1. The van der Waals surface area contributed by atoms with Crippen molar-refractivity contribution >= 4 is 17.7 Å². The molecular weight excluding hydrogens is 218 g/mol. The van der Waals surface area contributed by atoms with Crippen LogP contribution in [0.5, 0.6) is 0 Å². The Morgan fingerprint density at radius 3 is 2.76 bits per heavy atom. The summed E-state index contributed by atoms with van der Waals surface area (Å²) in [5.41, 5.74) is -0.0584. The summed E-state index contributed by atoms with van der Waals surface area (Å²) in [6.45, 7) is 7.17. The zero-order valence-electron chi connectivity index (χ0n) is 10.4. The van der Waals surface area contributed by atoms with Gasteiger partial charge in [0.25, 0.3) is 0 Å². The third-order valence-corrected chi connectivity index (χ3v) is 2.27. The molecule has 1 aliphatic heterocycles. The van der Waals surface area contributed by atoms with E-state index in [1.54, 1.807) is 6.07 Å². The van der Waals surface area contributed by atoms with Crippen LogP contribution in [-0.4, -0.2) is 29.8 Å². The maximum absolute atomic E-state index is 11.4. The van der Waals surface area contributed by atoms with Crippen LogP contribution in [-0.2, 0) is 4.74 Å². The molecule has 1 aromatic rings. The van der Waals surface area contributed by atoms with Gasteiger partial charge in [0.15, 0.2) is 0 Å². The fourth-order valence-electron chi connectivity index (χ4n) is 1.63. The number of anilines is 2. The van der Waals surface area contributed by atoms with E-state index in [2.05, 4.69) is 31.1 Å². The third-order valence-electron chi connectivity index (χ3n) is 2.27. The van der Waals surface area contributed by atoms with Gasteiger partial charge in [-0.1, -0.05) is 6.07 Å². The second-order valence-electron chi connectivity index (χ2n) is 5.02. The molecule has 2 rings (SSSR count). The topological polar surface area (TPSA) is 54.5 Å². The number of carbonyl (C=O) groups is 1. The van der Waals surface area contributed by atoms with Crippen LogP contribution in [0.2, 0.25) is 0 Å². The molecule has 1 amide bonds. The van der Waals surface area contributed by atoms with Crippen molar-refractivity contribution in [3.63, 3.8) is 0 Å². The largest absolute Gasteiger partial charge is 0.447 e. The lowest BCUT2D eigenvalue weighted by Gasteiger charge is -2.22. The summed E-state index contributed by atoms with van der Waals surface area (Å²) in [5.74, 6) is 1.39. The normalized spacial score (nSPS) is 15.9. The summed E-state index contributed by atoms with van der Waals surface area (Å²) in [7, 11) is 0. The highest BCUT2D eigenvalue weighted by Gasteiger charge is 2.24. The SMILES string of the molecule is CC(C)(C)Nc1cccc(N2CCOC2=O)n1. The van der Waals surface area contributed by atoms with E-state index in [0.29, 0.717) is 19.0 Å². The summed E-state index contributed by atoms with van der Waals surface area (Å²) >= 11 is 0. The van der Waals surface area contributed by atoms with Gasteiger partial charge in [-0.15, -0.1) is 0 Å². The Labute approximate surface area is 101 Å². The van der Waals surface area contributed by atoms with Crippen molar-refractivity contribution in [2.24, 2.45) is 0 Å². The second-order valence-corrected chi connectivity index (χ2v) is 5.02. The summed E-state index contributed by atoms with van der Waals surface area (Å²) in [4.78, 5) is 17.4. The highest BCUT2D eigenvalue weighted by molar-refractivity contribution is 5.88. The molecule has 0 saturated carbocycles. The summed E-state index contributed by atoms with van der Waals surface area (Å²) < 4.78 is 4.89. The zero-order valence-corrected chi connectivity index (χ0v) is 10.4. The highest BCUT2D eigenvalue weighted by Crippen LogP contribution is 2.19. The van der Waals surface area contributed by atoms with Crippen molar-refractivity contribution in [3.8, 4) is 0 Å². The Hall–Kier alpha value is -1.78. The molecule has 0 radical (unpaired) electrons. The monoisotopic (exact) mass is 235 g/mol. The number of nitrogens with zero attached hydrogens (tertiary/aromatic N) is 2. The van der Waals surface area contributed by atoms with Crippen molar-refractivity contribution in [2.45, 2.75) is 26.3 Å². The first-order valence-corrected chi connectivity index (χ1v) is 5.65. The Morgan fingerprint density at radius 1 is 1.41 bits per heavy atom. The summed E-state index contributed by atoms with van der Waals surface area (Å²) in [6, 6.07) is 5.57. The van der Waals surface area contributed by atoms with Crippen LogP contribution < -0.4 is 10.2 Å². The van der Waals surface area contributed by atoms with E-state index in [0.717, 1.165) is 5.82 Å². The standard InChI is InChI=1S/C12H17N3O2/c1-12(2,3)14-9-5-4-6-10(13-9)15-7-8-17-11(15)16/h4-6H,7-8H2,1-3H3,(H,13,14). The molecule has 5 nitrogen and oxygen atoms in total. The Balaban J connectivity index is 2.19. The van der Waals surface area contributed by atoms with Crippen LogP contribution in [0.4, 0.5) is 16.4 Å². The van der Waals surface area contributed by atoms with Crippen molar-refractivity contribution in [3.05, 3.63) is 18.2 Å². The molecule has 0 aliphatic carbocycles. The van der Waals surface area contributed by atoms with E-state index in [9.17, 15) is 4.79 Å². The van der Waals surface area contributed by atoms with Gasteiger partial charge in [-0.05, 0) is 32.9 Å². The van der Waals surface area contributed by atoms with Crippen LogP contribution in [0, 0.1) is 0 Å². The summed E-state index contributed by atoms with van der Waals surface area (Å²) in [6.07, 6.45) is -0.328. The predicted octanol–water partition coefficient (Wildman–Crippen LogP) is 2.25. The molecule has 5 heteroatoms. The van der Waals surface area contributed by atoms with Gasteiger partial charge in [0.05, 0.1) is 6.54 Å². The average Bonchev–Trinajstić information content (AvgIpc) is 2.62. The number of aromatic nitrogens is 1. The van der Waals surface area contributed by atoms with Gasteiger partial charge in [-0.2, -0.15) is 0 Å². The second kappa shape index (κ2) is 4.24. The quantitative estimate of drug-likeness (QED) is 0.854. The van der Waals surface area contributed by atoms with Crippen LogP contribution >= 0.6 is 0 Å². The van der Waals surface area contributed by atoms with E-state index in [1.807, 2.05) is 12.1 Å². The average molecular weight is 235 g/mol. The van der Waals surface area contributed by atoms with Gasteiger partial charge in [0.1, 0.15) is 18.2 Å². The fraction of sp³-hybridized carbons (Fsp3) is 0.500. The zero-order chi connectivity index (χ0) is 12.5. The highest BCUT2D eigenvalue weighted by atomic mass is 16.6. The van der Waals surface area contributed by atoms with Crippen molar-refractivity contribution in [1.29, 1.82) is 0 Å². The van der Waals surface area contributed by atoms with Gasteiger partial charge in [0.2, 0.25) is 0 Å². The number of hydrogen-bond acceptors (Lipinski definition) is 4. The van der Waals surface area contributed by atoms with E-state index in [-0.39, 0.29) is 11.6 Å².